The summed E-state index contributed by atoms with van der Waals surface area (Å²) in [5.41, 5.74) is 6.23. The molecule has 0 fully saturated rings. The second kappa shape index (κ2) is 4.56. The molecule has 1 aromatic rings. The van der Waals surface area contributed by atoms with Gasteiger partial charge < -0.3 is 10.3 Å². The molecule has 1 rings (SSSR count). The van der Waals surface area contributed by atoms with E-state index in [1.807, 2.05) is 0 Å². The molecule has 0 saturated carbocycles. The Hall–Kier alpha value is -0.183. The topological polar surface area (TPSA) is 83.2 Å². The van der Waals surface area contributed by atoms with Crippen LogP contribution in [0.25, 0.3) is 0 Å². The predicted octanol–water partition coefficient (Wildman–Crippen LogP) is -1.86. The van der Waals surface area contributed by atoms with Gasteiger partial charge in [0.05, 0.1) is 15.6 Å². The minimum atomic E-state index is -4.45. The van der Waals surface area contributed by atoms with Gasteiger partial charge in [0.15, 0.2) is 0 Å². The van der Waals surface area contributed by atoms with Gasteiger partial charge in [0.25, 0.3) is 0 Å². The van der Waals surface area contributed by atoms with Crippen LogP contribution in [0, 0.1) is 6.92 Å². The van der Waals surface area contributed by atoms with Crippen molar-refractivity contribution in [1.29, 1.82) is 0 Å². The van der Waals surface area contributed by atoms with Crippen LogP contribution in [0.15, 0.2) is 17.0 Å². The number of nitrogens with two attached hydrogens (primary N) is 1. The average Bonchev–Trinajstić information content (AvgIpc) is 1.97. The van der Waals surface area contributed by atoms with E-state index < -0.39 is 10.1 Å². The number of benzene rings is 1. The Balaban J connectivity index is 0.00000169. The molecule has 0 aliphatic rings. The van der Waals surface area contributed by atoms with E-state index in [0.717, 1.165) is 6.07 Å². The van der Waals surface area contributed by atoms with Crippen molar-refractivity contribution in [3.05, 3.63) is 22.7 Å². The van der Waals surface area contributed by atoms with E-state index in [1.165, 1.54) is 6.07 Å². The first kappa shape index (κ1) is 13.8. The van der Waals surface area contributed by atoms with Crippen molar-refractivity contribution in [2.45, 2.75) is 11.8 Å². The Labute approximate surface area is 99.4 Å². The van der Waals surface area contributed by atoms with Crippen LogP contribution in [0.5, 0.6) is 0 Å². The van der Waals surface area contributed by atoms with Gasteiger partial charge in [-0.2, -0.15) is 0 Å². The summed E-state index contributed by atoms with van der Waals surface area (Å²) in [5.74, 6) is 0. The van der Waals surface area contributed by atoms with Crippen LogP contribution in [0.4, 0.5) is 5.69 Å². The molecule has 0 spiro atoms. The van der Waals surface area contributed by atoms with Gasteiger partial charge in [0, 0.05) is 0 Å². The van der Waals surface area contributed by atoms with Crippen LogP contribution in [-0.4, -0.2) is 13.0 Å². The molecule has 0 radical (unpaired) electrons. The van der Waals surface area contributed by atoms with Crippen molar-refractivity contribution in [2.24, 2.45) is 0 Å². The van der Waals surface area contributed by atoms with Crippen molar-refractivity contribution in [3.8, 4) is 0 Å². The number of aryl methyl sites for hydroxylation is 1. The second-order valence-corrected chi connectivity index (χ2v) is 4.38. The maximum absolute atomic E-state index is 10.6. The van der Waals surface area contributed by atoms with Gasteiger partial charge in [0.2, 0.25) is 0 Å². The van der Waals surface area contributed by atoms with Gasteiger partial charge in [-0.3, -0.25) is 0 Å². The number of hydrogen-bond acceptors (Lipinski definition) is 4. The normalized spacial score (nSPS) is 10.8. The van der Waals surface area contributed by atoms with Crippen LogP contribution in [0.3, 0.4) is 0 Å². The van der Waals surface area contributed by atoms with Gasteiger partial charge in [-0.1, -0.05) is 11.6 Å². The quantitative estimate of drug-likeness (QED) is 0.346. The van der Waals surface area contributed by atoms with E-state index in [1.54, 1.807) is 6.92 Å². The SMILES string of the molecule is Cc1cc(S(=O)(=O)[O-])cc(Cl)c1N.[Li+]. The Bertz CT molecular complexity index is 423. The van der Waals surface area contributed by atoms with Crippen molar-refractivity contribution in [3.63, 3.8) is 0 Å². The molecule has 0 heterocycles. The Kier molecular flexibility index (Phi) is 4.50. The largest absolute Gasteiger partial charge is 1.00 e. The number of hydrogen-bond donors (Lipinski definition) is 1. The molecule has 14 heavy (non-hydrogen) atoms. The first-order valence-electron chi connectivity index (χ1n) is 3.34. The molecule has 0 aliphatic heterocycles. The summed E-state index contributed by atoms with van der Waals surface area (Å²) in [7, 11) is -4.45. The van der Waals surface area contributed by atoms with E-state index in [-0.39, 0.29) is 34.5 Å². The van der Waals surface area contributed by atoms with Crippen molar-refractivity contribution < 1.29 is 31.8 Å². The molecule has 0 bridgehead atoms. The molecule has 1 aromatic carbocycles. The van der Waals surface area contributed by atoms with Gasteiger partial charge in [-0.15, -0.1) is 0 Å². The molecule has 0 aliphatic carbocycles. The first-order valence-corrected chi connectivity index (χ1v) is 5.12. The molecule has 7 heteroatoms. The molecule has 0 unspecified atom stereocenters. The third-order valence-electron chi connectivity index (χ3n) is 1.60. The number of rotatable bonds is 1. The number of halogens is 1. The molecule has 0 atom stereocenters. The molecule has 0 amide bonds. The third-order valence-corrected chi connectivity index (χ3v) is 2.72. The van der Waals surface area contributed by atoms with Gasteiger partial charge in [0.1, 0.15) is 10.1 Å². The monoisotopic (exact) mass is 227 g/mol. The van der Waals surface area contributed by atoms with E-state index >= 15 is 0 Å². The third kappa shape index (κ3) is 2.91. The summed E-state index contributed by atoms with van der Waals surface area (Å²) >= 11 is 5.60. The van der Waals surface area contributed by atoms with Crippen LogP contribution < -0.4 is 24.6 Å². The van der Waals surface area contributed by atoms with Crippen molar-refractivity contribution in [1.82, 2.24) is 0 Å². The van der Waals surface area contributed by atoms with Gasteiger partial charge in [-0.25, -0.2) is 8.42 Å². The first-order chi connectivity index (χ1) is 5.82. The minimum Gasteiger partial charge on any atom is -0.744 e. The average molecular weight is 228 g/mol. The fourth-order valence-electron chi connectivity index (χ4n) is 0.868. The second-order valence-electron chi connectivity index (χ2n) is 2.59. The summed E-state index contributed by atoms with van der Waals surface area (Å²) in [6, 6.07) is 2.25. The number of nitrogen functional groups attached to an aromatic ring is 1. The van der Waals surface area contributed by atoms with Crippen LogP contribution >= 0.6 is 11.6 Å². The summed E-state index contributed by atoms with van der Waals surface area (Å²) in [4.78, 5) is -0.357. The zero-order valence-corrected chi connectivity index (χ0v) is 9.32. The van der Waals surface area contributed by atoms with E-state index in [4.69, 9.17) is 17.3 Å². The molecule has 0 aromatic heterocycles. The summed E-state index contributed by atoms with van der Waals surface area (Å²) < 4.78 is 31.8. The zero-order chi connectivity index (χ0) is 10.2. The van der Waals surface area contributed by atoms with E-state index in [2.05, 4.69) is 0 Å². The fraction of sp³-hybridized carbons (Fsp3) is 0.143. The Morgan fingerprint density at radius 3 is 2.29 bits per heavy atom. The van der Waals surface area contributed by atoms with Crippen molar-refractivity contribution >= 4 is 27.4 Å². The van der Waals surface area contributed by atoms with E-state index in [9.17, 15) is 13.0 Å². The maximum atomic E-state index is 10.6. The smallest absolute Gasteiger partial charge is 0.744 e. The Morgan fingerprint density at radius 1 is 1.43 bits per heavy atom. The van der Waals surface area contributed by atoms with Gasteiger partial charge in [-0.05, 0) is 24.6 Å². The summed E-state index contributed by atoms with van der Waals surface area (Å²) in [6.45, 7) is 1.58. The van der Waals surface area contributed by atoms with Crippen molar-refractivity contribution in [2.75, 3.05) is 5.73 Å². The molecule has 72 valence electrons. The molecule has 4 nitrogen and oxygen atoms in total. The molecular weight excluding hydrogens is 221 g/mol. The maximum Gasteiger partial charge on any atom is 1.00 e. The van der Waals surface area contributed by atoms with Crippen LogP contribution in [0.2, 0.25) is 5.02 Å². The predicted molar refractivity (Wildman–Crippen MR) is 48.6 cm³/mol. The molecular formula is C7H7ClLiNO3S. The van der Waals surface area contributed by atoms with Crippen LogP contribution in [-0.2, 0) is 10.1 Å². The number of anilines is 1. The standard InChI is InChI=1S/C7H8ClNO3S.Li/c1-4-2-5(13(10,11)12)3-6(8)7(4)9;/h2-3H,9H2,1H3,(H,10,11,12);/q;+1/p-1. The minimum absolute atomic E-state index is 0. The summed E-state index contributed by atoms with van der Waals surface area (Å²) in [6.07, 6.45) is 0. The van der Waals surface area contributed by atoms with E-state index in [0.29, 0.717) is 5.56 Å². The summed E-state index contributed by atoms with van der Waals surface area (Å²) in [5, 5.41) is 0.0782. The van der Waals surface area contributed by atoms with Crippen LogP contribution in [0.1, 0.15) is 5.56 Å². The van der Waals surface area contributed by atoms with Gasteiger partial charge >= 0.3 is 18.9 Å². The fourth-order valence-corrected chi connectivity index (χ4v) is 1.78. The molecule has 0 saturated heterocycles. The molecule has 2 N–H and O–H groups in total. The Morgan fingerprint density at radius 2 is 1.93 bits per heavy atom. The zero-order valence-electron chi connectivity index (χ0n) is 7.74.